The molecule has 3 heterocycles. The maximum absolute atomic E-state index is 2.45. The van der Waals surface area contributed by atoms with Gasteiger partial charge < -0.3 is 14.4 Å². The predicted octanol–water partition coefficient (Wildman–Crippen LogP) is 21.5. The third-order valence-electron chi connectivity index (χ3n) is 15.1. The number of para-hydroxylation sites is 4. The molecule has 3 aromatic heterocycles. The van der Waals surface area contributed by atoms with E-state index in [1.54, 1.807) is 0 Å². The Kier molecular flexibility index (Phi) is 10.9. The van der Waals surface area contributed by atoms with Crippen molar-refractivity contribution in [2.45, 2.75) is 0 Å². The molecule has 0 atom stereocenters. The fourth-order valence-electron chi connectivity index (χ4n) is 11.5. The van der Waals surface area contributed by atoms with Crippen molar-refractivity contribution in [3.8, 4) is 39.1 Å². The Morgan fingerprint density at radius 2 is 0.701 bits per heavy atom. The van der Waals surface area contributed by atoms with Gasteiger partial charge in [-0.15, -0.1) is 22.7 Å². The maximum atomic E-state index is 2.45. The molecular formula is C72H47N3S2. The van der Waals surface area contributed by atoms with Gasteiger partial charge in [0.15, 0.2) is 0 Å². The molecule has 0 saturated carbocycles. The van der Waals surface area contributed by atoms with E-state index < -0.39 is 0 Å². The molecule has 15 rings (SSSR count). The van der Waals surface area contributed by atoms with Crippen LogP contribution >= 0.6 is 22.7 Å². The van der Waals surface area contributed by atoms with Gasteiger partial charge in [-0.25, -0.2) is 0 Å². The van der Waals surface area contributed by atoms with Crippen LogP contribution in [-0.2, 0) is 0 Å². The number of hydrogen-bond donors (Lipinski definition) is 0. The molecule has 0 aliphatic rings. The predicted molar refractivity (Wildman–Crippen MR) is 332 cm³/mol. The number of rotatable bonds is 10. The van der Waals surface area contributed by atoms with E-state index >= 15 is 0 Å². The molecule has 0 fully saturated rings. The molecule has 0 radical (unpaired) electrons. The molecule has 362 valence electrons. The molecule has 5 heteroatoms. The van der Waals surface area contributed by atoms with Gasteiger partial charge >= 0.3 is 0 Å². The van der Waals surface area contributed by atoms with E-state index in [1.807, 2.05) is 22.7 Å². The first-order valence-electron chi connectivity index (χ1n) is 26.1. The number of hydrogen-bond acceptors (Lipinski definition) is 4. The molecule has 12 aromatic carbocycles. The van der Waals surface area contributed by atoms with Crippen molar-refractivity contribution in [2.24, 2.45) is 0 Å². The van der Waals surface area contributed by atoms with Crippen molar-refractivity contribution in [1.82, 2.24) is 4.57 Å². The molecule has 0 spiro atoms. The highest BCUT2D eigenvalue weighted by molar-refractivity contribution is 7.26. The van der Waals surface area contributed by atoms with E-state index in [9.17, 15) is 0 Å². The summed E-state index contributed by atoms with van der Waals surface area (Å²) < 4.78 is 7.51. The summed E-state index contributed by atoms with van der Waals surface area (Å²) in [4.78, 5) is 4.80. The van der Waals surface area contributed by atoms with Gasteiger partial charge in [0.05, 0.1) is 11.0 Å². The molecule has 15 aromatic rings. The fourth-order valence-corrected chi connectivity index (χ4v) is 13.7. The highest BCUT2D eigenvalue weighted by Gasteiger charge is 2.21. The Bertz CT molecular complexity index is 4650. The molecule has 0 saturated heterocycles. The van der Waals surface area contributed by atoms with Gasteiger partial charge in [-0.2, -0.15) is 0 Å². The minimum atomic E-state index is 1.06. The summed E-state index contributed by atoms with van der Waals surface area (Å²) in [6, 6.07) is 105. The minimum absolute atomic E-state index is 1.06. The zero-order valence-corrected chi connectivity index (χ0v) is 43.4. The van der Waals surface area contributed by atoms with Crippen molar-refractivity contribution in [2.75, 3.05) is 9.80 Å². The van der Waals surface area contributed by atoms with Crippen LogP contribution in [-0.4, -0.2) is 4.57 Å². The number of aromatic nitrogens is 1. The average Bonchev–Trinajstić information content (AvgIpc) is 4.19. The van der Waals surface area contributed by atoms with Crippen molar-refractivity contribution >= 4 is 119 Å². The zero-order valence-electron chi connectivity index (χ0n) is 41.8. The van der Waals surface area contributed by atoms with Crippen molar-refractivity contribution in [3.05, 3.63) is 285 Å². The lowest BCUT2D eigenvalue weighted by molar-refractivity contribution is 1.18. The van der Waals surface area contributed by atoms with Gasteiger partial charge in [0.25, 0.3) is 0 Å². The van der Waals surface area contributed by atoms with Crippen LogP contribution in [0.25, 0.3) is 101 Å². The van der Waals surface area contributed by atoms with Crippen LogP contribution in [0.1, 0.15) is 0 Å². The van der Waals surface area contributed by atoms with Gasteiger partial charge in [0.2, 0.25) is 0 Å². The number of anilines is 6. The Labute approximate surface area is 454 Å². The zero-order chi connectivity index (χ0) is 50.8. The summed E-state index contributed by atoms with van der Waals surface area (Å²) in [5.74, 6) is 0. The molecule has 0 N–H and O–H groups in total. The quantitative estimate of drug-likeness (QED) is 0.135. The first kappa shape index (κ1) is 44.9. The number of fused-ring (bicyclic) bond motifs is 9. The van der Waals surface area contributed by atoms with Crippen LogP contribution in [0.5, 0.6) is 0 Å². The second-order valence-electron chi connectivity index (χ2n) is 19.7. The van der Waals surface area contributed by atoms with E-state index in [-0.39, 0.29) is 0 Å². The lowest BCUT2D eigenvalue weighted by Gasteiger charge is -2.30. The van der Waals surface area contributed by atoms with Gasteiger partial charge in [0.1, 0.15) is 0 Å². The Morgan fingerprint density at radius 3 is 1.44 bits per heavy atom. The SMILES string of the molecule is c1ccc(-c2cc(-c3ccc4c(c3)sc3ccc(-c5ccc6c7ccccc7n(-c7ccccc7)c6c5)cc34)cc(N(c3cccc(N(c4ccccc4)c4ccccc4)c3)c3ccc4sc5ccccc5c4c3)c2)cc1. The smallest absolute Gasteiger partial charge is 0.0547 e. The van der Waals surface area contributed by atoms with Gasteiger partial charge in [-0.3, -0.25) is 0 Å². The molecule has 0 amide bonds. The van der Waals surface area contributed by atoms with E-state index in [0.717, 1.165) is 50.9 Å². The topological polar surface area (TPSA) is 11.4 Å². The molecule has 3 nitrogen and oxygen atoms in total. The normalized spacial score (nSPS) is 11.6. The van der Waals surface area contributed by atoms with Crippen LogP contribution in [0.15, 0.2) is 285 Å². The highest BCUT2D eigenvalue weighted by Crippen LogP contribution is 2.47. The second-order valence-corrected chi connectivity index (χ2v) is 21.9. The van der Waals surface area contributed by atoms with Crippen LogP contribution < -0.4 is 9.80 Å². The summed E-state index contributed by atoms with van der Waals surface area (Å²) in [5.41, 5.74) is 17.1. The van der Waals surface area contributed by atoms with Crippen LogP contribution in [0.3, 0.4) is 0 Å². The van der Waals surface area contributed by atoms with Crippen LogP contribution in [0, 0.1) is 0 Å². The monoisotopic (exact) mass is 1020 g/mol. The first-order valence-corrected chi connectivity index (χ1v) is 27.8. The highest BCUT2D eigenvalue weighted by atomic mass is 32.1. The minimum Gasteiger partial charge on any atom is -0.310 e. The number of benzene rings is 12. The first-order chi connectivity index (χ1) is 38.1. The molecule has 0 aliphatic heterocycles. The molecule has 0 aliphatic carbocycles. The molecular weight excluding hydrogens is 971 g/mol. The van der Waals surface area contributed by atoms with Gasteiger partial charge in [-0.1, -0.05) is 158 Å². The average molecular weight is 1020 g/mol. The van der Waals surface area contributed by atoms with E-state index in [2.05, 4.69) is 299 Å². The lowest BCUT2D eigenvalue weighted by atomic mass is 9.96. The maximum Gasteiger partial charge on any atom is 0.0547 e. The number of thiophene rings is 2. The summed E-state index contributed by atoms with van der Waals surface area (Å²) >= 11 is 3.72. The van der Waals surface area contributed by atoms with Gasteiger partial charge in [0, 0.05) is 90.9 Å². The van der Waals surface area contributed by atoms with E-state index in [4.69, 9.17) is 0 Å². The molecule has 0 bridgehead atoms. The summed E-state index contributed by atoms with van der Waals surface area (Å²) in [5, 5.41) is 7.60. The van der Waals surface area contributed by atoms with E-state index in [0.29, 0.717) is 0 Å². The third kappa shape index (κ3) is 7.95. The van der Waals surface area contributed by atoms with Gasteiger partial charge in [-0.05, 0) is 161 Å². The van der Waals surface area contributed by atoms with Crippen molar-refractivity contribution in [3.63, 3.8) is 0 Å². The van der Waals surface area contributed by atoms with Crippen molar-refractivity contribution < 1.29 is 0 Å². The second kappa shape index (κ2) is 18.7. The Hall–Kier alpha value is -9.52. The van der Waals surface area contributed by atoms with E-state index in [1.165, 1.54) is 84.4 Å². The summed E-state index contributed by atoms with van der Waals surface area (Å²) in [6.45, 7) is 0. The molecule has 77 heavy (non-hydrogen) atoms. The Morgan fingerprint density at radius 1 is 0.221 bits per heavy atom. The fraction of sp³-hybridized carbons (Fsp3) is 0. The number of nitrogens with zero attached hydrogens (tertiary/aromatic N) is 3. The van der Waals surface area contributed by atoms with Crippen molar-refractivity contribution in [1.29, 1.82) is 0 Å². The van der Waals surface area contributed by atoms with Crippen LogP contribution in [0.2, 0.25) is 0 Å². The summed E-state index contributed by atoms with van der Waals surface area (Å²) in [6.07, 6.45) is 0. The summed E-state index contributed by atoms with van der Waals surface area (Å²) in [7, 11) is 0. The Balaban J connectivity index is 0.880. The third-order valence-corrected chi connectivity index (χ3v) is 17.4. The standard InChI is InChI=1S/C72H47N3S2/c1-5-18-48(19-6-1)52-40-53(51-33-37-64-65-43-49(34-38-70(65)77-72(64)45-51)50-32-36-62-61-28-13-15-30-67(61)75(68(62)44-50)56-24-11-4-12-25-56)42-60(41-52)74(59-35-39-71-66(47-59)63-29-14-16-31-69(63)76-71)58-27-17-26-57(46-58)73(54-20-7-2-8-21-54)55-22-9-3-10-23-55/h1-47H. The largest absolute Gasteiger partial charge is 0.310 e. The lowest BCUT2D eigenvalue weighted by Crippen LogP contribution is -2.13. The van der Waals surface area contributed by atoms with Crippen LogP contribution in [0.4, 0.5) is 34.1 Å². The molecule has 0 unspecified atom stereocenters.